The number of nitrogens with zero attached hydrogens (tertiary/aromatic N) is 2. The first-order valence-corrected chi connectivity index (χ1v) is 8.22. The number of rotatable bonds is 6. The minimum Gasteiger partial charge on any atom is -0.504 e. The lowest BCUT2D eigenvalue weighted by Gasteiger charge is -2.18. The van der Waals surface area contributed by atoms with Crippen LogP contribution in [-0.4, -0.2) is 22.2 Å². The van der Waals surface area contributed by atoms with Gasteiger partial charge in [0.1, 0.15) is 5.82 Å². The monoisotopic (exact) mass is 335 g/mol. The van der Waals surface area contributed by atoms with Crippen molar-refractivity contribution in [1.29, 1.82) is 0 Å². The molecule has 25 heavy (non-hydrogen) atoms. The second kappa shape index (κ2) is 7.66. The van der Waals surface area contributed by atoms with Crippen LogP contribution in [-0.2, 0) is 0 Å². The van der Waals surface area contributed by atoms with Gasteiger partial charge in [-0.05, 0) is 30.2 Å². The Morgan fingerprint density at radius 3 is 2.64 bits per heavy atom. The lowest BCUT2D eigenvalue weighted by atomic mass is 10.0. The van der Waals surface area contributed by atoms with Gasteiger partial charge in [-0.25, -0.2) is 4.98 Å². The number of hydrogen-bond acceptors (Lipinski definition) is 5. The van der Waals surface area contributed by atoms with Crippen LogP contribution >= 0.6 is 0 Å². The fraction of sp³-hybridized carbons (Fsp3) is 0.200. The SMILES string of the molecule is CC[C@@H](Nc1cncc(-c2ccc(O)c(OC)c2)n1)c1ccccc1. The Kier molecular flexibility index (Phi) is 5.14. The maximum absolute atomic E-state index is 9.74. The fourth-order valence-corrected chi connectivity index (χ4v) is 2.70. The van der Waals surface area contributed by atoms with Gasteiger partial charge < -0.3 is 15.2 Å². The summed E-state index contributed by atoms with van der Waals surface area (Å²) in [6.45, 7) is 2.13. The molecule has 2 N–H and O–H groups in total. The van der Waals surface area contributed by atoms with Crippen molar-refractivity contribution < 1.29 is 9.84 Å². The molecule has 0 fully saturated rings. The molecular weight excluding hydrogens is 314 g/mol. The van der Waals surface area contributed by atoms with Gasteiger partial charge in [0.05, 0.1) is 31.2 Å². The summed E-state index contributed by atoms with van der Waals surface area (Å²) >= 11 is 0. The number of hydrogen-bond donors (Lipinski definition) is 2. The zero-order valence-corrected chi connectivity index (χ0v) is 14.3. The van der Waals surface area contributed by atoms with E-state index in [9.17, 15) is 5.11 Å². The third-order valence-electron chi connectivity index (χ3n) is 4.04. The highest BCUT2D eigenvalue weighted by molar-refractivity contribution is 5.64. The van der Waals surface area contributed by atoms with Crippen molar-refractivity contribution in [2.45, 2.75) is 19.4 Å². The van der Waals surface area contributed by atoms with E-state index in [4.69, 9.17) is 4.74 Å². The van der Waals surface area contributed by atoms with Crippen molar-refractivity contribution in [3.05, 3.63) is 66.5 Å². The van der Waals surface area contributed by atoms with Crippen molar-refractivity contribution in [2.24, 2.45) is 0 Å². The van der Waals surface area contributed by atoms with Crippen LogP contribution < -0.4 is 10.1 Å². The first-order chi connectivity index (χ1) is 12.2. The normalized spacial score (nSPS) is 11.8. The first kappa shape index (κ1) is 16.8. The molecule has 0 saturated heterocycles. The van der Waals surface area contributed by atoms with E-state index in [-0.39, 0.29) is 11.8 Å². The van der Waals surface area contributed by atoms with Gasteiger partial charge in [0.25, 0.3) is 0 Å². The van der Waals surface area contributed by atoms with E-state index in [2.05, 4.69) is 34.3 Å². The highest BCUT2D eigenvalue weighted by Gasteiger charge is 2.11. The molecule has 128 valence electrons. The molecule has 0 spiro atoms. The summed E-state index contributed by atoms with van der Waals surface area (Å²) in [4.78, 5) is 8.94. The van der Waals surface area contributed by atoms with Crippen molar-refractivity contribution in [2.75, 3.05) is 12.4 Å². The minimum atomic E-state index is 0.101. The Labute approximate surface area is 147 Å². The molecule has 1 heterocycles. The molecular formula is C20H21N3O2. The van der Waals surface area contributed by atoms with E-state index in [0.29, 0.717) is 17.3 Å². The number of aromatic nitrogens is 2. The Bertz CT molecular complexity index is 837. The number of benzene rings is 2. The average molecular weight is 335 g/mol. The third-order valence-corrected chi connectivity index (χ3v) is 4.04. The number of nitrogens with one attached hydrogen (secondary N) is 1. The molecule has 0 bridgehead atoms. The molecule has 0 aliphatic carbocycles. The van der Waals surface area contributed by atoms with Crippen LogP contribution in [0.1, 0.15) is 24.9 Å². The number of methoxy groups -OCH3 is 1. The Morgan fingerprint density at radius 2 is 1.92 bits per heavy atom. The third kappa shape index (κ3) is 3.88. The van der Waals surface area contributed by atoms with Gasteiger partial charge in [0.15, 0.2) is 11.5 Å². The maximum atomic E-state index is 9.74. The largest absolute Gasteiger partial charge is 0.504 e. The van der Waals surface area contributed by atoms with Gasteiger partial charge in [0, 0.05) is 5.56 Å². The average Bonchev–Trinajstić information content (AvgIpc) is 2.67. The van der Waals surface area contributed by atoms with E-state index >= 15 is 0 Å². The molecule has 3 aromatic rings. The zero-order chi connectivity index (χ0) is 17.6. The maximum Gasteiger partial charge on any atom is 0.161 e. The first-order valence-electron chi connectivity index (χ1n) is 8.22. The predicted octanol–water partition coefficient (Wildman–Crippen LogP) is 4.42. The van der Waals surface area contributed by atoms with Gasteiger partial charge in [-0.1, -0.05) is 37.3 Å². The smallest absolute Gasteiger partial charge is 0.161 e. The van der Waals surface area contributed by atoms with Gasteiger partial charge in [-0.15, -0.1) is 0 Å². The van der Waals surface area contributed by atoms with Crippen molar-refractivity contribution >= 4 is 5.82 Å². The quantitative estimate of drug-likeness (QED) is 0.698. The minimum absolute atomic E-state index is 0.101. The molecule has 5 heteroatoms. The van der Waals surface area contributed by atoms with Crippen LogP contribution in [0.5, 0.6) is 11.5 Å². The number of anilines is 1. The van der Waals surface area contributed by atoms with Crippen LogP contribution in [0.4, 0.5) is 5.82 Å². The van der Waals surface area contributed by atoms with Crippen LogP contribution in [0.2, 0.25) is 0 Å². The van der Waals surface area contributed by atoms with Crippen molar-refractivity contribution in [3.63, 3.8) is 0 Å². The number of ether oxygens (including phenoxy) is 1. The molecule has 2 aromatic carbocycles. The molecule has 0 aliphatic heterocycles. The molecule has 5 nitrogen and oxygen atoms in total. The van der Waals surface area contributed by atoms with Crippen LogP contribution in [0.25, 0.3) is 11.3 Å². The Morgan fingerprint density at radius 1 is 1.12 bits per heavy atom. The van der Waals surface area contributed by atoms with Crippen LogP contribution in [0.3, 0.4) is 0 Å². The van der Waals surface area contributed by atoms with E-state index in [1.807, 2.05) is 18.2 Å². The molecule has 3 rings (SSSR count). The highest BCUT2D eigenvalue weighted by atomic mass is 16.5. The van der Waals surface area contributed by atoms with Gasteiger partial charge in [-0.2, -0.15) is 0 Å². The molecule has 0 unspecified atom stereocenters. The molecule has 0 aliphatic rings. The van der Waals surface area contributed by atoms with Gasteiger partial charge in [-0.3, -0.25) is 4.98 Å². The number of phenols is 1. The highest BCUT2D eigenvalue weighted by Crippen LogP contribution is 2.31. The molecule has 1 aromatic heterocycles. The van der Waals surface area contributed by atoms with Gasteiger partial charge in [0.2, 0.25) is 0 Å². The van der Waals surface area contributed by atoms with Crippen molar-refractivity contribution in [3.8, 4) is 22.8 Å². The number of aromatic hydroxyl groups is 1. The summed E-state index contributed by atoms with van der Waals surface area (Å²) in [5, 5.41) is 13.2. The lowest BCUT2D eigenvalue weighted by molar-refractivity contribution is 0.373. The van der Waals surface area contributed by atoms with E-state index in [1.165, 1.54) is 12.7 Å². The standard InChI is InChI=1S/C20H21N3O2/c1-3-16(14-7-5-4-6-8-14)22-20-13-21-12-17(23-20)15-9-10-18(24)19(11-15)25-2/h4-13,16,24H,3H2,1-2H3,(H,22,23)/t16-/m1/s1. The van der Waals surface area contributed by atoms with Crippen LogP contribution in [0, 0.1) is 0 Å². The summed E-state index contributed by atoms with van der Waals surface area (Å²) in [5.74, 6) is 1.22. The van der Waals surface area contributed by atoms with Gasteiger partial charge >= 0.3 is 0 Å². The summed E-state index contributed by atoms with van der Waals surface area (Å²) in [7, 11) is 1.52. The Hall–Kier alpha value is -3.08. The summed E-state index contributed by atoms with van der Waals surface area (Å²) in [5.41, 5.74) is 2.76. The topological polar surface area (TPSA) is 67.3 Å². The molecule has 0 radical (unpaired) electrons. The lowest BCUT2D eigenvalue weighted by Crippen LogP contribution is -2.11. The van der Waals surface area contributed by atoms with Crippen molar-refractivity contribution in [1.82, 2.24) is 9.97 Å². The molecule has 0 saturated carbocycles. The van der Waals surface area contributed by atoms with Crippen LogP contribution in [0.15, 0.2) is 60.9 Å². The second-order valence-electron chi connectivity index (χ2n) is 5.69. The van der Waals surface area contributed by atoms with E-state index in [1.54, 1.807) is 30.6 Å². The fourth-order valence-electron chi connectivity index (χ4n) is 2.70. The predicted molar refractivity (Wildman–Crippen MR) is 98.8 cm³/mol. The summed E-state index contributed by atoms with van der Waals surface area (Å²) in [6.07, 6.45) is 4.34. The Balaban J connectivity index is 1.86. The molecule has 1 atom stereocenters. The van der Waals surface area contributed by atoms with E-state index < -0.39 is 0 Å². The van der Waals surface area contributed by atoms with E-state index in [0.717, 1.165) is 12.0 Å². The summed E-state index contributed by atoms with van der Waals surface area (Å²) < 4.78 is 5.16. The second-order valence-corrected chi connectivity index (χ2v) is 5.69. The summed E-state index contributed by atoms with van der Waals surface area (Å²) in [6, 6.07) is 15.6. The zero-order valence-electron chi connectivity index (χ0n) is 14.3. The number of phenolic OH excluding ortho intramolecular Hbond substituents is 1. The molecule has 0 amide bonds.